The second-order valence-corrected chi connectivity index (χ2v) is 23.0. The molecule has 0 aliphatic carbocycles. The topological polar surface area (TPSA) is 240 Å². The van der Waals surface area contributed by atoms with E-state index in [0.717, 1.165) is 24.3 Å². The van der Waals surface area contributed by atoms with E-state index in [1.165, 1.54) is 25.8 Å². The number of ether oxygens (including phenoxy) is 9. The van der Waals surface area contributed by atoms with Gasteiger partial charge in [-0.05, 0) is 85.5 Å². The van der Waals surface area contributed by atoms with E-state index in [1.807, 2.05) is 63.9 Å². The van der Waals surface area contributed by atoms with Gasteiger partial charge in [-0.2, -0.15) is 0 Å². The summed E-state index contributed by atoms with van der Waals surface area (Å²) in [5.74, 6) is -3.83. The summed E-state index contributed by atoms with van der Waals surface area (Å²) >= 11 is 0. The monoisotopic (exact) mass is 1110 g/mol. The second-order valence-electron chi connectivity index (χ2n) is 23.0. The summed E-state index contributed by atoms with van der Waals surface area (Å²) in [5.41, 5.74) is -1.37. The van der Waals surface area contributed by atoms with Crippen molar-refractivity contribution in [1.29, 1.82) is 0 Å². The van der Waals surface area contributed by atoms with Gasteiger partial charge in [-0.25, -0.2) is 9.07 Å². The summed E-state index contributed by atoms with van der Waals surface area (Å²) in [6.07, 6.45) is -7.82. The quantitative estimate of drug-likeness (QED) is 0.116. The number of carbonyl (C=O) groups excluding carboxylic acids is 1. The van der Waals surface area contributed by atoms with Crippen molar-refractivity contribution in [3.8, 4) is 0 Å². The van der Waals surface area contributed by atoms with E-state index in [2.05, 4.69) is 20.4 Å². The molecule has 1 aromatic carbocycles. The highest BCUT2D eigenvalue weighted by molar-refractivity contribution is 5.88. The molecule has 0 unspecified atom stereocenters. The van der Waals surface area contributed by atoms with Crippen LogP contribution in [-0.2, 0) is 58.7 Å². The molecular weight excluding hydrogens is 1020 g/mol. The summed E-state index contributed by atoms with van der Waals surface area (Å²) in [6.45, 7) is 20.3. The van der Waals surface area contributed by atoms with E-state index in [-0.39, 0.29) is 19.3 Å². The van der Waals surface area contributed by atoms with Gasteiger partial charge in [0, 0.05) is 89.5 Å². The Morgan fingerprint density at radius 3 is 2.18 bits per heavy atom. The van der Waals surface area contributed by atoms with Crippen LogP contribution in [0.5, 0.6) is 0 Å². The number of rotatable bonds is 18. The Morgan fingerprint density at radius 2 is 1.58 bits per heavy atom. The minimum Gasteiger partial charge on any atom is -0.459 e. The van der Waals surface area contributed by atoms with Crippen LogP contribution in [0.15, 0.2) is 35.6 Å². The van der Waals surface area contributed by atoms with Crippen LogP contribution in [0.25, 0.3) is 0 Å². The molecular formula is C56H93FN6O15. The summed E-state index contributed by atoms with van der Waals surface area (Å²) in [5, 5.41) is 60.8. The molecule has 78 heavy (non-hydrogen) atoms. The van der Waals surface area contributed by atoms with Crippen molar-refractivity contribution in [3.05, 3.63) is 41.7 Å². The average molecular weight is 1110 g/mol. The molecule has 4 saturated heterocycles. The van der Waals surface area contributed by atoms with Gasteiger partial charge >= 0.3 is 5.97 Å². The number of carbonyl (C=O) groups is 1. The van der Waals surface area contributed by atoms with Gasteiger partial charge in [-0.1, -0.05) is 50.2 Å². The predicted molar refractivity (Wildman–Crippen MR) is 287 cm³/mol. The lowest BCUT2D eigenvalue weighted by Gasteiger charge is -2.50. The minimum absolute atomic E-state index is 0.0954. The first-order chi connectivity index (χ1) is 36.9. The highest BCUT2D eigenvalue weighted by Gasteiger charge is 2.54. The minimum atomic E-state index is -1.94. The smallest absolute Gasteiger partial charge is 0.311 e. The number of methoxy groups -OCH3 is 3. The Morgan fingerprint density at radius 1 is 0.910 bits per heavy atom. The lowest BCUT2D eigenvalue weighted by molar-refractivity contribution is -0.319. The number of morpholine rings is 1. The molecule has 21 nitrogen and oxygen atoms in total. The van der Waals surface area contributed by atoms with E-state index >= 15 is 0 Å². The molecule has 0 bridgehead atoms. The molecule has 4 aliphatic rings. The Hall–Kier alpha value is -3.49. The van der Waals surface area contributed by atoms with Crippen molar-refractivity contribution in [2.75, 3.05) is 79.9 Å². The number of benzene rings is 1. The molecule has 4 N–H and O–H groups in total. The van der Waals surface area contributed by atoms with Gasteiger partial charge < -0.3 is 77.7 Å². The van der Waals surface area contributed by atoms with Crippen LogP contribution in [0.2, 0.25) is 0 Å². The molecule has 22 heteroatoms. The first-order valence-electron chi connectivity index (χ1n) is 27.8. The Balaban J connectivity index is 1.29. The van der Waals surface area contributed by atoms with E-state index < -0.39 is 133 Å². The molecule has 0 spiro atoms. The number of alkyl halides is 1. The Labute approximate surface area is 461 Å². The number of hydrogen-bond donors (Lipinski definition) is 4. The predicted octanol–water partition coefficient (Wildman–Crippen LogP) is 4.81. The molecule has 6 rings (SSSR count). The van der Waals surface area contributed by atoms with Crippen LogP contribution in [0.4, 0.5) is 10.1 Å². The fourth-order valence-electron chi connectivity index (χ4n) is 12.3. The molecule has 2 aromatic rings. The van der Waals surface area contributed by atoms with Crippen molar-refractivity contribution in [2.45, 2.75) is 198 Å². The van der Waals surface area contributed by atoms with Gasteiger partial charge in [0.2, 0.25) is 0 Å². The third kappa shape index (κ3) is 14.2. The number of hydrogen-bond acceptors (Lipinski definition) is 20. The molecule has 444 valence electrons. The van der Waals surface area contributed by atoms with Gasteiger partial charge in [-0.15, -0.1) is 5.10 Å². The Bertz CT molecular complexity index is 2210. The highest BCUT2D eigenvalue weighted by Crippen LogP contribution is 2.42. The summed E-state index contributed by atoms with van der Waals surface area (Å²) in [4.78, 5) is 24.3. The van der Waals surface area contributed by atoms with Crippen molar-refractivity contribution in [3.63, 3.8) is 0 Å². The molecule has 5 heterocycles. The van der Waals surface area contributed by atoms with Crippen LogP contribution in [-0.4, -0.2) is 211 Å². The zero-order valence-electron chi connectivity index (χ0n) is 48.8. The second kappa shape index (κ2) is 27.5. The number of likely N-dealkylation sites (N-methyl/N-ethyl adjacent to an activating group) is 1. The zero-order valence-corrected chi connectivity index (χ0v) is 48.8. The summed E-state index contributed by atoms with van der Waals surface area (Å²) in [6, 6.07) is 6.70. The van der Waals surface area contributed by atoms with E-state index in [9.17, 15) is 29.6 Å². The lowest BCUT2D eigenvalue weighted by Crippen LogP contribution is -2.61. The number of aliphatic hydroxyl groups excluding tert-OH is 3. The van der Waals surface area contributed by atoms with Crippen LogP contribution in [0.1, 0.15) is 118 Å². The van der Waals surface area contributed by atoms with Crippen LogP contribution in [0.3, 0.4) is 0 Å². The average Bonchev–Trinajstić information content (AvgIpc) is 3.90. The van der Waals surface area contributed by atoms with Gasteiger partial charge in [0.1, 0.15) is 49.8 Å². The number of anilines is 1. The number of halogens is 1. The molecule has 20 atom stereocenters. The normalized spacial score (nSPS) is 39.1. The standard InChI is InChI=1S/C56H93FN6O15/c1-16-43-56(10,68)49(65)34(4)45(59-72-15)32(2)28-55(9,71-14)51(35(5)47(36(6)52(67)76-43)77-44-29-54(8,70-13)50(66)37(7)75-44)78-53-46(64)41(27-33(3)74-53)61(11)22-21-39-31-63(60-58-39)42(30-57)48(69-12)38-17-19-40(20-18-38)62-23-25-73-26-24-62/h17-20,31-37,41-44,46-51,53,64-66,68H,16,21-30H2,1-15H3/b59-45+/t32-,33-,34+,35+,36-,37+,41+,42-,43-,44+,46-,47+,48-,49-,50+,51-,53+,54-,55-,56-/m1/s1. The van der Waals surface area contributed by atoms with Gasteiger partial charge in [0.25, 0.3) is 0 Å². The first kappa shape index (κ1) is 63.7. The number of oxime groups is 1. The van der Waals surface area contributed by atoms with Crippen LogP contribution in [0, 0.1) is 23.7 Å². The molecule has 0 radical (unpaired) electrons. The van der Waals surface area contributed by atoms with Crippen molar-refractivity contribution < 1.29 is 77.1 Å². The third-order valence-corrected chi connectivity index (χ3v) is 17.4. The lowest BCUT2D eigenvalue weighted by atomic mass is 9.73. The Kier molecular flexibility index (Phi) is 22.5. The van der Waals surface area contributed by atoms with Gasteiger partial charge in [0.05, 0.1) is 72.3 Å². The maximum Gasteiger partial charge on any atom is 0.311 e. The molecule has 4 aliphatic heterocycles. The third-order valence-electron chi connectivity index (χ3n) is 17.4. The number of aromatic nitrogens is 3. The molecule has 0 amide bonds. The number of esters is 1. The van der Waals surface area contributed by atoms with E-state index in [0.29, 0.717) is 44.0 Å². The number of cyclic esters (lactones) is 1. The first-order valence-corrected chi connectivity index (χ1v) is 27.8. The summed E-state index contributed by atoms with van der Waals surface area (Å²) in [7, 11) is 7.93. The molecule has 4 fully saturated rings. The fourth-order valence-corrected chi connectivity index (χ4v) is 12.3. The van der Waals surface area contributed by atoms with Crippen molar-refractivity contribution in [1.82, 2.24) is 19.9 Å². The van der Waals surface area contributed by atoms with Crippen molar-refractivity contribution >= 4 is 17.4 Å². The number of aliphatic hydroxyl groups is 4. The SMILES string of the molecule is CC[C@H]1OC(=O)[C@H](C)[C@@H](O[C@H]2C[C@@](C)(OC)[C@@H](O)[C@H](C)O2)[C@H](C)[C@@H](O[C@@H]2O[C@H](C)C[C@H](N(C)CCc3cn([C@H](CF)[C@H](OC)c4ccc(N5CCOCC5)cc4)nn3)[C@H]2O)[C@](C)(OC)C[C@@H](C)/C(=N\OC)[C@H](C)[C@@H](O)[C@]1(C)O. The maximum absolute atomic E-state index is 15.0. The van der Waals surface area contributed by atoms with E-state index in [1.54, 1.807) is 55.0 Å². The van der Waals surface area contributed by atoms with Crippen LogP contribution >= 0.6 is 0 Å². The van der Waals surface area contributed by atoms with Gasteiger partial charge in [-0.3, -0.25) is 4.79 Å². The zero-order chi connectivity index (χ0) is 57.4. The van der Waals surface area contributed by atoms with Crippen molar-refractivity contribution in [2.24, 2.45) is 28.8 Å². The number of nitrogens with zero attached hydrogens (tertiary/aromatic N) is 6. The van der Waals surface area contributed by atoms with Gasteiger partial charge in [0.15, 0.2) is 12.6 Å². The largest absolute Gasteiger partial charge is 0.459 e. The van der Waals surface area contributed by atoms with Crippen LogP contribution < -0.4 is 4.90 Å². The van der Waals surface area contributed by atoms with E-state index in [4.69, 9.17) is 47.5 Å². The fraction of sp³-hybridized carbons (Fsp3) is 0.821. The maximum atomic E-state index is 15.0. The molecule has 1 aromatic heterocycles. The highest BCUT2D eigenvalue weighted by atomic mass is 19.1. The summed E-state index contributed by atoms with van der Waals surface area (Å²) < 4.78 is 73.3. The molecule has 0 saturated carbocycles.